The standard InChI is InChI=1S/C9H10ClN3O/c1-7-2-3-9(8(10)6-7)14-5-4-12-13-11/h2-3,6H,4-5H2,1H3. The van der Waals surface area contributed by atoms with E-state index in [4.69, 9.17) is 21.9 Å². The summed E-state index contributed by atoms with van der Waals surface area (Å²) in [6, 6.07) is 5.53. The molecule has 0 saturated heterocycles. The fourth-order valence-corrected chi connectivity index (χ4v) is 1.25. The van der Waals surface area contributed by atoms with Gasteiger partial charge in [0.1, 0.15) is 5.75 Å². The van der Waals surface area contributed by atoms with Crippen LogP contribution >= 0.6 is 11.6 Å². The Bertz CT molecular complexity index is 361. The predicted molar refractivity (Wildman–Crippen MR) is 55.7 cm³/mol. The highest BCUT2D eigenvalue weighted by atomic mass is 35.5. The zero-order chi connectivity index (χ0) is 10.4. The highest BCUT2D eigenvalue weighted by Crippen LogP contribution is 2.24. The molecule has 0 bridgehead atoms. The summed E-state index contributed by atoms with van der Waals surface area (Å²) in [5, 5.41) is 3.92. The normalized spacial score (nSPS) is 9.29. The Balaban J connectivity index is 2.54. The molecule has 0 saturated carbocycles. The third kappa shape index (κ3) is 3.17. The van der Waals surface area contributed by atoms with Crippen LogP contribution in [0.2, 0.25) is 5.02 Å². The number of halogens is 1. The molecule has 0 fully saturated rings. The molecule has 0 spiro atoms. The van der Waals surface area contributed by atoms with Crippen molar-refractivity contribution < 1.29 is 4.74 Å². The van der Waals surface area contributed by atoms with Gasteiger partial charge in [0, 0.05) is 4.91 Å². The summed E-state index contributed by atoms with van der Waals surface area (Å²) < 4.78 is 5.30. The minimum atomic E-state index is 0.306. The van der Waals surface area contributed by atoms with Gasteiger partial charge in [0.15, 0.2) is 0 Å². The first-order valence-corrected chi connectivity index (χ1v) is 4.51. The summed E-state index contributed by atoms with van der Waals surface area (Å²) in [5.74, 6) is 0.616. The van der Waals surface area contributed by atoms with Gasteiger partial charge in [0.2, 0.25) is 0 Å². The Morgan fingerprint density at radius 1 is 1.57 bits per heavy atom. The number of azide groups is 1. The average Bonchev–Trinajstić information content (AvgIpc) is 2.15. The van der Waals surface area contributed by atoms with E-state index in [1.54, 1.807) is 6.07 Å². The van der Waals surface area contributed by atoms with Crippen molar-refractivity contribution >= 4 is 11.6 Å². The maximum atomic E-state index is 8.03. The molecule has 4 nitrogen and oxygen atoms in total. The van der Waals surface area contributed by atoms with E-state index in [0.29, 0.717) is 23.9 Å². The number of hydrogen-bond acceptors (Lipinski definition) is 2. The summed E-state index contributed by atoms with van der Waals surface area (Å²) in [5.41, 5.74) is 9.11. The lowest BCUT2D eigenvalue weighted by atomic mass is 10.2. The molecule has 1 aromatic rings. The second-order valence-electron chi connectivity index (χ2n) is 2.74. The van der Waals surface area contributed by atoms with Crippen LogP contribution in [0.4, 0.5) is 0 Å². The molecule has 1 aromatic carbocycles. The van der Waals surface area contributed by atoms with Crippen molar-refractivity contribution in [3.8, 4) is 5.75 Å². The lowest BCUT2D eigenvalue weighted by Gasteiger charge is -2.06. The van der Waals surface area contributed by atoms with Crippen LogP contribution in [0.3, 0.4) is 0 Å². The quantitative estimate of drug-likeness (QED) is 0.326. The summed E-state index contributed by atoms with van der Waals surface area (Å²) in [7, 11) is 0. The first-order chi connectivity index (χ1) is 6.74. The summed E-state index contributed by atoms with van der Waals surface area (Å²) in [6.07, 6.45) is 0. The van der Waals surface area contributed by atoms with Crippen LogP contribution in [0, 0.1) is 6.92 Å². The predicted octanol–water partition coefficient (Wildman–Crippen LogP) is 3.34. The molecule has 1 rings (SSSR count). The van der Waals surface area contributed by atoms with Gasteiger partial charge in [-0.3, -0.25) is 0 Å². The SMILES string of the molecule is Cc1ccc(OCCN=[N+]=[N-])c(Cl)c1. The van der Waals surface area contributed by atoms with Crippen molar-refractivity contribution in [1.82, 2.24) is 0 Å². The lowest BCUT2D eigenvalue weighted by Crippen LogP contribution is -2.00. The van der Waals surface area contributed by atoms with Gasteiger partial charge in [-0.05, 0) is 30.2 Å². The highest BCUT2D eigenvalue weighted by Gasteiger charge is 2.00. The summed E-state index contributed by atoms with van der Waals surface area (Å²) >= 11 is 5.91. The molecule has 0 aliphatic rings. The Morgan fingerprint density at radius 2 is 2.36 bits per heavy atom. The zero-order valence-corrected chi connectivity index (χ0v) is 8.53. The number of benzene rings is 1. The molecule has 0 aliphatic carbocycles. The molecule has 0 aliphatic heterocycles. The molecule has 14 heavy (non-hydrogen) atoms. The monoisotopic (exact) mass is 211 g/mol. The van der Waals surface area contributed by atoms with Crippen molar-refractivity contribution in [3.05, 3.63) is 39.2 Å². The van der Waals surface area contributed by atoms with E-state index in [0.717, 1.165) is 5.56 Å². The third-order valence-corrected chi connectivity index (χ3v) is 1.89. The van der Waals surface area contributed by atoms with Gasteiger partial charge in [0.05, 0.1) is 18.2 Å². The van der Waals surface area contributed by atoms with Crippen LogP contribution in [-0.2, 0) is 0 Å². The first kappa shape index (κ1) is 10.7. The molecule has 74 valence electrons. The van der Waals surface area contributed by atoms with Gasteiger partial charge in [-0.25, -0.2) is 0 Å². The second-order valence-corrected chi connectivity index (χ2v) is 3.14. The van der Waals surface area contributed by atoms with Crippen LogP contribution in [0.1, 0.15) is 5.56 Å². The maximum absolute atomic E-state index is 8.03. The van der Waals surface area contributed by atoms with Gasteiger partial charge >= 0.3 is 0 Å². The van der Waals surface area contributed by atoms with E-state index in [-0.39, 0.29) is 0 Å². The fourth-order valence-electron chi connectivity index (χ4n) is 0.964. The van der Waals surface area contributed by atoms with E-state index in [2.05, 4.69) is 10.0 Å². The second kappa shape index (κ2) is 5.37. The molecule has 5 heteroatoms. The minimum absolute atomic E-state index is 0.306. The number of hydrogen-bond donors (Lipinski definition) is 0. The van der Waals surface area contributed by atoms with Crippen LogP contribution in [0.5, 0.6) is 5.75 Å². The van der Waals surface area contributed by atoms with Gasteiger partial charge in [-0.1, -0.05) is 22.8 Å². The molecule has 0 atom stereocenters. The van der Waals surface area contributed by atoms with E-state index in [1.807, 2.05) is 19.1 Å². The molecule has 0 N–H and O–H groups in total. The zero-order valence-electron chi connectivity index (χ0n) is 7.77. The van der Waals surface area contributed by atoms with Crippen molar-refractivity contribution in [2.24, 2.45) is 5.11 Å². The Morgan fingerprint density at radius 3 is 3.00 bits per heavy atom. The van der Waals surface area contributed by atoms with Crippen LogP contribution in [0.25, 0.3) is 10.4 Å². The van der Waals surface area contributed by atoms with Gasteiger partial charge in [-0.15, -0.1) is 0 Å². The van der Waals surface area contributed by atoms with Crippen LogP contribution in [0.15, 0.2) is 23.3 Å². The van der Waals surface area contributed by atoms with Crippen LogP contribution in [-0.4, -0.2) is 13.2 Å². The number of ether oxygens (including phenoxy) is 1. The largest absolute Gasteiger partial charge is 0.492 e. The topological polar surface area (TPSA) is 58.0 Å². The van der Waals surface area contributed by atoms with E-state index < -0.39 is 0 Å². The number of nitrogens with zero attached hydrogens (tertiary/aromatic N) is 3. The minimum Gasteiger partial charge on any atom is -0.492 e. The Hall–Kier alpha value is -1.38. The van der Waals surface area contributed by atoms with Crippen molar-refractivity contribution in [2.45, 2.75) is 6.92 Å². The van der Waals surface area contributed by atoms with Gasteiger partial charge < -0.3 is 4.74 Å². The van der Waals surface area contributed by atoms with E-state index in [9.17, 15) is 0 Å². The molecular weight excluding hydrogens is 202 g/mol. The molecule has 0 heterocycles. The lowest BCUT2D eigenvalue weighted by molar-refractivity contribution is 0.328. The third-order valence-electron chi connectivity index (χ3n) is 1.60. The molecular formula is C9H10ClN3O. The fraction of sp³-hybridized carbons (Fsp3) is 0.333. The summed E-state index contributed by atoms with van der Waals surface area (Å²) in [6.45, 7) is 2.60. The van der Waals surface area contributed by atoms with Crippen LogP contribution < -0.4 is 4.74 Å². The van der Waals surface area contributed by atoms with E-state index >= 15 is 0 Å². The Labute approximate surface area is 87.1 Å². The van der Waals surface area contributed by atoms with Gasteiger partial charge in [-0.2, -0.15) is 0 Å². The molecule has 0 radical (unpaired) electrons. The van der Waals surface area contributed by atoms with E-state index in [1.165, 1.54) is 0 Å². The summed E-state index contributed by atoms with van der Waals surface area (Å²) in [4.78, 5) is 2.62. The van der Waals surface area contributed by atoms with Gasteiger partial charge in [0.25, 0.3) is 0 Å². The van der Waals surface area contributed by atoms with Crippen molar-refractivity contribution in [1.29, 1.82) is 0 Å². The highest BCUT2D eigenvalue weighted by molar-refractivity contribution is 6.32. The molecule has 0 unspecified atom stereocenters. The smallest absolute Gasteiger partial charge is 0.137 e. The number of aryl methyl sites for hydroxylation is 1. The molecule has 0 aromatic heterocycles. The maximum Gasteiger partial charge on any atom is 0.137 e. The van der Waals surface area contributed by atoms with Crippen molar-refractivity contribution in [2.75, 3.05) is 13.2 Å². The average molecular weight is 212 g/mol. The van der Waals surface area contributed by atoms with Crippen molar-refractivity contribution in [3.63, 3.8) is 0 Å². The first-order valence-electron chi connectivity index (χ1n) is 4.14. The Kier molecular flexibility index (Phi) is 4.11. The molecule has 0 amide bonds. The number of rotatable bonds is 4.